The van der Waals surface area contributed by atoms with Gasteiger partial charge in [-0.25, -0.2) is 0 Å². The fraction of sp³-hybridized carbons (Fsp3) is 0.303. The van der Waals surface area contributed by atoms with Gasteiger partial charge in [-0.1, -0.05) is 49.4 Å². The van der Waals surface area contributed by atoms with Crippen LogP contribution in [0.4, 0.5) is 0 Å². The lowest BCUT2D eigenvalue weighted by Gasteiger charge is -2.10. The molecule has 2 heterocycles. The summed E-state index contributed by atoms with van der Waals surface area (Å²) in [5, 5.41) is 13.4. The number of H-pyrrole nitrogens is 1. The lowest BCUT2D eigenvalue weighted by atomic mass is 10.0. The van der Waals surface area contributed by atoms with E-state index in [0.29, 0.717) is 28.9 Å². The molecule has 0 aliphatic carbocycles. The molecule has 0 aliphatic heterocycles. The molecule has 8 nitrogen and oxygen atoms in total. The number of rotatable bonds is 13. The molecule has 0 atom stereocenters. The molecule has 3 aromatic carbocycles. The molecule has 0 aliphatic rings. The van der Waals surface area contributed by atoms with E-state index in [4.69, 9.17) is 21.4 Å². The molecule has 3 N–H and O–H groups in total. The van der Waals surface area contributed by atoms with Gasteiger partial charge in [0.2, 0.25) is 0 Å². The van der Waals surface area contributed by atoms with E-state index in [1.165, 1.54) is 0 Å². The summed E-state index contributed by atoms with van der Waals surface area (Å²) >= 11 is 6.68. The van der Waals surface area contributed by atoms with Gasteiger partial charge in [0, 0.05) is 48.2 Å². The van der Waals surface area contributed by atoms with Crippen LogP contribution in [0.1, 0.15) is 60.9 Å². The molecule has 5 rings (SSSR count). The Bertz CT molecular complexity index is 1740. The highest BCUT2D eigenvalue weighted by atomic mass is 35.5. The highest BCUT2D eigenvalue weighted by molar-refractivity contribution is 6.34. The van der Waals surface area contributed by atoms with Crippen LogP contribution < -0.4 is 10.1 Å². The van der Waals surface area contributed by atoms with Crippen LogP contribution in [0.5, 0.6) is 11.8 Å². The van der Waals surface area contributed by atoms with E-state index in [-0.39, 0.29) is 12.3 Å². The van der Waals surface area contributed by atoms with E-state index in [1.54, 1.807) is 6.07 Å². The number of unbranched alkanes of at least 4 members (excludes halogenated alkanes) is 5. The van der Waals surface area contributed by atoms with E-state index in [0.717, 1.165) is 77.2 Å². The summed E-state index contributed by atoms with van der Waals surface area (Å²) in [6.07, 6.45) is 7.83. The van der Waals surface area contributed by atoms with Crippen molar-refractivity contribution in [3.63, 3.8) is 0 Å². The van der Waals surface area contributed by atoms with E-state index >= 15 is 0 Å². The maximum atomic E-state index is 12.9. The monoisotopic (exact) mass is 586 g/mol. The Morgan fingerprint density at radius 2 is 1.79 bits per heavy atom. The minimum atomic E-state index is -0.739. The van der Waals surface area contributed by atoms with Crippen LogP contribution in [0.25, 0.3) is 33.1 Å². The van der Waals surface area contributed by atoms with Crippen molar-refractivity contribution in [2.24, 2.45) is 7.05 Å². The molecule has 0 fully saturated rings. The van der Waals surface area contributed by atoms with Crippen molar-refractivity contribution in [2.45, 2.75) is 51.9 Å². The number of carboxylic acid groups (broad SMARTS) is 1. The van der Waals surface area contributed by atoms with Gasteiger partial charge in [-0.2, -0.15) is 4.98 Å². The van der Waals surface area contributed by atoms with Gasteiger partial charge in [-0.05, 0) is 73.4 Å². The molecule has 0 saturated carbocycles. The number of aromatic amines is 1. The highest BCUT2D eigenvalue weighted by Gasteiger charge is 2.14. The molecular formula is C33H35ClN4O4. The second-order valence-electron chi connectivity index (χ2n) is 10.7. The average Bonchev–Trinajstić information content (AvgIpc) is 3.53. The average molecular weight is 587 g/mol. The van der Waals surface area contributed by atoms with Crippen molar-refractivity contribution in [3.8, 4) is 22.9 Å². The molecule has 0 saturated heterocycles. The van der Waals surface area contributed by atoms with Crippen LogP contribution in [0.2, 0.25) is 5.02 Å². The molecule has 42 heavy (non-hydrogen) atoms. The Hall–Kier alpha value is -4.30. The number of carbonyl (C=O) groups is 2. The van der Waals surface area contributed by atoms with Crippen molar-refractivity contribution in [1.29, 1.82) is 0 Å². The smallest absolute Gasteiger partial charge is 0.303 e. The quantitative estimate of drug-likeness (QED) is 0.121. The molecule has 1 amide bonds. The number of fused-ring (bicyclic) bond motifs is 2. The summed E-state index contributed by atoms with van der Waals surface area (Å²) < 4.78 is 8.11. The molecule has 2 aromatic heterocycles. The van der Waals surface area contributed by atoms with Gasteiger partial charge in [0.1, 0.15) is 5.75 Å². The zero-order valence-corrected chi connectivity index (χ0v) is 24.6. The molecule has 0 spiro atoms. The number of ether oxygens (including phenoxy) is 1. The lowest BCUT2D eigenvalue weighted by Crippen LogP contribution is -2.25. The second kappa shape index (κ2) is 13.1. The van der Waals surface area contributed by atoms with Crippen LogP contribution in [-0.2, 0) is 11.8 Å². The van der Waals surface area contributed by atoms with Crippen LogP contribution in [-0.4, -0.2) is 38.1 Å². The third kappa shape index (κ3) is 6.94. The molecule has 5 aromatic rings. The Morgan fingerprint density at radius 3 is 2.60 bits per heavy atom. The molecule has 0 unspecified atom stereocenters. The highest BCUT2D eigenvalue weighted by Crippen LogP contribution is 2.34. The molecule has 0 radical (unpaired) electrons. The Morgan fingerprint density at radius 1 is 1.00 bits per heavy atom. The van der Waals surface area contributed by atoms with Crippen LogP contribution in [0.15, 0.2) is 60.8 Å². The first kappa shape index (κ1) is 29.2. The molecule has 0 bridgehead atoms. The van der Waals surface area contributed by atoms with Crippen molar-refractivity contribution in [3.05, 3.63) is 76.9 Å². The number of halogens is 1. The summed E-state index contributed by atoms with van der Waals surface area (Å²) in [4.78, 5) is 31.3. The van der Waals surface area contributed by atoms with Crippen LogP contribution in [0.3, 0.4) is 0 Å². The van der Waals surface area contributed by atoms with Gasteiger partial charge < -0.3 is 24.7 Å². The number of carbonyl (C=O) groups excluding carboxylic acids is 1. The van der Waals surface area contributed by atoms with E-state index < -0.39 is 5.97 Å². The molecule has 218 valence electrons. The topological polar surface area (TPSA) is 109 Å². The molecular weight excluding hydrogens is 552 g/mol. The number of aromatic nitrogens is 3. The van der Waals surface area contributed by atoms with Crippen molar-refractivity contribution in [2.75, 3.05) is 6.54 Å². The van der Waals surface area contributed by atoms with Gasteiger partial charge >= 0.3 is 5.97 Å². The van der Waals surface area contributed by atoms with Crippen molar-refractivity contribution >= 4 is 45.4 Å². The number of nitrogens with zero attached hydrogens (tertiary/aromatic N) is 2. The molecule has 9 heteroatoms. The van der Waals surface area contributed by atoms with E-state index in [2.05, 4.69) is 44.1 Å². The first-order chi connectivity index (χ1) is 20.3. The van der Waals surface area contributed by atoms with E-state index in [9.17, 15) is 9.59 Å². The number of imidazole rings is 1. The van der Waals surface area contributed by atoms with E-state index in [1.807, 2.05) is 44.4 Å². The Kier molecular flexibility index (Phi) is 9.12. The Labute approximate surface area is 249 Å². The summed E-state index contributed by atoms with van der Waals surface area (Å²) in [6, 6.07) is 17.9. The number of amides is 1. The fourth-order valence-electron chi connectivity index (χ4n) is 5.15. The summed E-state index contributed by atoms with van der Waals surface area (Å²) in [5.41, 5.74) is 5.94. The summed E-state index contributed by atoms with van der Waals surface area (Å²) in [5.74, 6) is -0.376. The number of nitrogens with one attached hydrogen (secondary N) is 2. The third-order valence-corrected chi connectivity index (χ3v) is 7.83. The van der Waals surface area contributed by atoms with Gasteiger partial charge in [-0.3, -0.25) is 9.59 Å². The number of benzene rings is 3. The number of hydrogen-bond acceptors (Lipinski definition) is 4. The normalized spacial score (nSPS) is 11.3. The van der Waals surface area contributed by atoms with Crippen LogP contribution in [0, 0.1) is 6.92 Å². The first-order valence-electron chi connectivity index (χ1n) is 14.3. The number of carboxylic acids is 1. The second-order valence-corrected chi connectivity index (χ2v) is 11.1. The van der Waals surface area contributed by atoms with Gasteiger partial charge in [0.25, 0.3) is 11.9 Å². The van der Waals surface area contributed by atoms with Gasteiger partial charge in [0.15, 0.2) is 0 Å². The minimum Gasteiger partial charge on any atom is -0.481 e. The standard InChI is InChI=1S/C33H35ClN4O4/c1-21-10-12-24(18-25(21)32(41)35-15-8-6-4-3-5-7-9-31(39)40)42-33-36-28-19-26(27(34)20-29(28)37-33)22-11-13-30-23(17-22)14-16-38(30)2/h10-14,16-20H,3-9,15H2,1-2H3,(H,35,41)(H,36,37)(H,39,40). The predicted octanol–water partition coefficient (Wildman–Crippen LogP) is 8.02. The minimum absolute atomic E-state index is 0.143. The Balaban J connectivity index is 1.20. The summed E-state index contributed by atoms with van der Waals surface area (Å²) in [6.45, 7) is 2.48. The van der Waals surface area contributed by atoms with Crippen molar-refractivity contribution in [1.82, 2.24) is 19.9 Å². The maximum absolute atomic E-state index is 12.9. The maximum Gasteiger partial charge on any atom is 0.303 e. The number of aryl methyl sites for hydroxylation is 2. The van der Waals surface area contributed by atoms with Gasteiger partial charge in [-0.15, -0.1) is 0 Å². The zero-order chi connectivity index (χ0) is 29.6. The number of hydrogen-bond donors (Lipinski definition) is 3. The lowest BCUT2D eigenvalue weighted by molar-refractivity contribution is -0.137. The zero-order valence-electron chi connectivity index (χ0n) is 23.9. The first-order valence-corrected chi connectivity index (χ1v) is 14.7. The van der Waals surface area contributed by atoms with Crippen LogP contribution >= 0.6 is 11.6 Å². The summed E-state index contributed by atoms with van der Waals surface area (Å²) in [7, 11) is 2.02. The fourth-order valence-corrected chi connectivity index (χ4v) is 5.42. The largest absolute Gasteiger partial charge is 0.481 e. The third-order valence-electron chi connectivity index (χ3n) is 7.52. The predicted molar refractivity (Wildman–Crippen MR) is 167 cm³/mol. The van der Waals surface area contributed by atoms with Crippen molar-refractivity contribution < 1.29 is 19.4 Å². The number of aliphatic carboxylic acids is 1. The SMILES string of the molecule is Cc1ccc(Oc2nc3cc(-c4ccc5c(ccn5C)c4)c(Cl)cc3[nH]2)cc1C(=O)NCCCCCCCCC(=O)O. The van der Waals surface area contributed by atoms with Gasteiger partial charge in [0.05, 0.1) is 16.1 Å².